The van der Waals surface area contributed by atoms with Crippen molar-refractivity contribution in [2.45, 2.75) is 76.7 Å². The fraction of sp³-hybridized carbons (Fsp3) is 0.560. The number of aliphatic hydroxyl groups is 1. The van der Waals surface area contributed by atoms with E-state index >= 15 is 0 Å². The van der Waals surface area contributed by atoms with Crippen molar-refractivity contribution in [3.8, 4) is 5.75 Å². The van der Waals surface area contributed by atoms with Gasteiger partial charge in [0.25, 0.3) is 0 Å². The average molecular weight is 552 g/mol. The van der Waals surface area contributed by atoms with Crippen LogP contribution in [0.2, 0.25) is 0 Å². The van der Waals surface area contributed by atoms with E-state index in [0.717, 1.165) is 0 Å². The molecule has 14 heteroatoms. The standard InChI is InChI=1S/C25H41N7O7/c1-4-13(2)19(24(38)39)31-22(36)18(12-15-7-9-16(34)10-8-15)30-23(37)20(14(3)33)32-21(35)17(26)6-5-11-29-25(27)28/h7-10,13-14,17-20,33-34H,4-6,11-12,26H2,1-3H3,(H,30,37)(H,31,36)(H,32,35)(H,38,39)(H4,27,28,29). The highest BCUT2D eigenvalue weighted by Crippen LogP contribution is 2.13. The van der Waals surface area contributed by atoms with Crippen LogP contribution >= 0.6 is 0 Å². The number of nitrogens with one attached hydrogen (secondary N) is 3. The van der Waals surface area contributed by atoms with Gasteiger partial charge in [-0.1, -0.05) is 32.4 Å². The SMILES string of the molecule is CCC(C)C(NC(=O)C(Cc1ccc(O)cc1)NC(=O)C(NC(=O)C(N)CCCN=C(N)N)C(C)O)C(=O)O. The zero-order valence-electron chi connectivity index (χ0n) is 22.5. The van der Waals surface area contributed by atoms with Crippen molar-refractivity contribution >= 4 is 29.7 Å². The molecule has 14 nitrogen and oxygen atoms in total. The van der Waals surface area contributed by atoms with Gasteiger partial charge in [-0.05, 0) is 43.4 Å². The predicted molar refractivity (Wildman–Crippen MR) is 144 cm³/mol. The zero-order chi connectivity index (χ0) is 29.7. The summed E-state index contributed by atoms with van der Waals surface area (Å²) in [6.45, 7) is 5.00. The first-order valence-corrected chi connectivity index (χ1v) is 12.7. The highest BCUT2D eigenvalue weighted by Gasteiger charge is 2.33. The summed E-state index contributed by atoms with van der Waals surface area (Å²) in [6, 6.07) is 0.945. The van der Waals surface area contributed by atoms with Crippen LogP contribution in [0.1, 0.15) is 45.6 Å². The monoisotopic (exact) mass is 551 g/mol. The number of nitrogens with zero attached hydrogens (tertiary/aromatic N) is 1. The number of carboxylic acids is 1. The van der Waals surface area contributed by atoms with Gasteiger partial charge in [0.05, 0.1) is 12.1 Å². The average Bonchev–Trinajstić information content (AvgIpc) is 2.87. The van der Waals surface area contributed by atoms with Gasteiger partial charge in [-0.2, -0.15) is 0 Å². The second kappa shape index (κ2) is 16.1. The third-order valence-electron chi connectivity index (χ3n) is 6.15. The van der Waals surface area contributed by atoms with Gasteiger partial charge in [0.1, 0.15) is 23.9 Å². The third-order valence-corrected chi connectivity index (χ3v) is 6.15. The van der Waals surface area contributed by atoms with Crippen LogP contribution in [0.3, 0.4) is 0 Å². The van der Waals surface area contributed by atoms with Crippen LogP contribution in [-0.2, 0) is 25.6 Å². The molecule has 3 amide bonds. The van der Waals surface area contributed by atoms with Crippen LogP contribution in [0.4, 0.5) is 0 Å². The molecule has 0 aliphatic carbocycles. The number of aliphatic imine (C=N–C) groups is 1. The normalized spacial score (nSPS) is 15.5. The lowest BCUT2D eigenvalue weighted by atomic mass is 9.98. The Hall–Kier alpha value is -3.91. The number of rotatable bonds is 16. The minimum Gasteiger partial charge on any atom is -0.508 e. The first-order chi connectivity index (χ1) is 18.3. The number of benzene rings is 1. The third kappa shape index (κ3) is 11.6. The highest BCUT2D eigenvalue weighted by atomic mass is 16.4. The molecule has 0 aliphatic rings. The number of hydrogen-bond acceptors (Lipinski definition) is 8. The van der Waals surface area contributed by atoms with Crippen molar-refractivity contribution in [1.29, 1.82) is 0 Å². The Morgan fingerprint density at radius 2 is 1.54 bits per heavy atom. The Kier molecular flexibility index (Phi) is 13.7. The maximum Gasteiger partial charge on any atom is 0.326 e. The number of amides is 3. The number of hydrogen-bond donors (Lipinski definition) is 9. The van der Waals surface area contributed by atoms with Crippen molar-refractivity contribution < 1.29 is 34.5 Å². The number of carboxylic acid groups (broad SMARTS) is 1. The molecule has 0 heterocycles. The Morgan fingerprint density at radius 3 is 2.05 bits per heavy atom. The Labute approximate surface area is 227 Å². The second-order valence-corrected chi connectivity index (χ2v) is 9.42. The molecule has 0 spiro atoms. The molecule has 1 aromatic carbocycles. The number of guanidine groups is 1. The molecule has 0 bridgehead atoms. The van der Waals surface area contributed by atoms with E-state index in [1.807, 2.05) is 0 Å². The van der Waals surface area contributed by atoms with Crippen molar-refractivity contribution in [1.82, 2.24) is 16.0 Å². The van der Waals surface area contributed by atoms with Crippen LogP contribution in [0.15, 0.2) is 29.3 Å². The number of carbonyl (C=O) groups is 4. The summed E-state index contributed by atoms with van der Waals surface area (Å²) in [4.78, 5) is 54.4. The van der Waals surface area contributed by atoms with Gasteiger partial charge in [0.2, 0.25) is 17.7 Å². The minimum absolute atomic E-state index is 0.00184. The fourth-order valence-corrected chi connectivity index (χ4v) is 3.59. The topological polar surface area (TPSA) is 255 Å². The van der Waals surface area contributed by atoms with E-state index < -0.39 is 59.9 Å². The van der Waals surface area contributed by atoms with Gasteiger partial charge < -0.3 is 48.5 Å². The van der Waals surface area contributed by atoms with E-state index in [-0.39, 0.29) is 31.1 Å². The van der Waals surface area contributed by atoms with Crippen LogP contribution in [0.25, 0.3) is 0 Å². The number of aliphatic hydroxyl groups excluding tert-OH is 1. The Bertz CT molecular complexity index is 997. The quantitative estimate of drug-likeness (QED) is 0.0638. The largest absolute Gasteiger partial charge is 0.508 e. The maximum absolute atomic E-state index is 13.2. The molecule has 0 fully saturated rings. The molecule has 0 radical (unpaired) electrons. The van der Waals surface area contributed by atoms with E-state index in [2.05, 4.69) is 20.9 Å². The van der Waals surface area contributed by atoms with E-state index in [0.29, 0.717) is 18.4 Å². The minimum atomic E-state index is -1.46. The molecule has 0 saturated heterocycles. The van der Waals surface area contributed by atoms with E-state index in [1.165, 1.54) is 19.1 Å². The molecule has 0 aliphatic heterocycles. The fourth-order valence-electron chi connectivity index (χ4n) is 3.59. The first kappa shape index (κ1) is 33.1. The van der Waals surface area contributed by atoms with Crippen molar-refractivity contribution in [2.24, 2.45) is 28.1 Å². The lowest BCUT2D eigenvalue weighted by Crippen LogP contribution is -2.60. The summed E-state index contributed by atoms with van der Waals surface area (Å²) in [5.41, 5.74) is 17.0. The van der Waals surface area contributed by atoms with E-state index in [1.54, 1.807) is 26.0 Å². The molecule has 12 N–H and O–H groups in total. The van der Waals surface area contributed by atoms with Crippen molar-refractivity contribution in [3.63, 3.8) is 0 Å². The molecule has 0 saturated carbocycles. The van der Waals surface area contributed by atoms with E-state index in [4.69, 9.17) is 17.2 Å². The number of aliphatic carboxylic acids is 1. The van der Waals surface area contributed by atoms with E-state index in [9.17, 15) is 34.5 Å². The number of phenolic OH excluding ortho intramolecular Hbond substituents is 1. The molecular formula is C25H41N7O7. The highest BCUT2D eigenvalue weighted by molar-refractivity contribution is 5.94. The summed E-state index contributed by atoms with van der Waals surface area (Å²) < 4.78 is 0. The number of carbonyl (C=O) groups excluding carboxylic acids is 3. The molecule has 39 heavy (non-hydrogen) atoms. The lowest BCUT2D eigenvalue weighted by Gasteiger charge is -2.27. The number of phenols is 1. The lowest BCUT2D eigenvalue weighted by molar-refractivity contribution is -0.144. The Balaban J connectivity index is 3.06. The van der Waals surface area contributed by atoms with Gasteiger partial charge in [-0.15, -0.1) is 0 Å². The number of aromatic hydroxyl groups is 1. The summed E-state index contributed by atoms with van der Waals surface area (Å²) in [7, 11) is 0. The summed E-state index contributed by atoms with van der Waals surface area (Å²) in [5.74, 6) is -4.06. The van der Waals surface area contributed by atoms with Crippen LogP contribution in [0, 0.1) is 5.92 Å². The summed E-state index contributed by atoms with van der Waals surface area (Å²) >= 11 is 0. The summed E-state index contributed by atoms with van der Waals surface area (Å²) in [5, 5.41) is 36.7. The smallest absolute Gasteiger partial charge is 0.326 e. The zero-order valence-corrected chi connectivity index (χ0v) is 22.5. The predicted octanol–water partition coefficient (Wildman–Crippen LogP) is -1.72. The second-order valence-electron chi connectivity index (χ2n) is 9.42. The maximum atomic E-state index is 13.2. The molecule has 6 unspecified atom stereocenters. The number of nitrogens with two attached hydrogens (primary N) is 3. The Morgan fingerprint density at radius 1 is 0.949 bits per heavy atom. The van der Waals surface area contributed by atoms with Gasteiger partial charge in [0.15, 0.2) is 5.96 Å². The molecule has 1 rings (SSSR count). The molecule has 1 aromatic rings. The van der Waals surface area contributed by atoms with Crippen LogP contribution in [-0.4, -0.2) is 81.8 Å². The molecular weight excluding hydrogens is 510 g/mol. The molecule has 0 aromatic heterocycles. The van der Waals surface area contributed by atoms with Crippen molar-refractivity contribution in [2.75, 3.05) is 6.54 Å². The van der Waals surface area contributed by atoms with Gasteiger partial charge in [-0.25, -0.2) is 4.79 Å². The van der Waals surface area contributed by atoms with Crippen molar-refractivity contribution in [3.05, 3.63) is 29.8 Å². The van der Waals surface area contributed by atoms with Crippen LogP contribution in [0.5, 0.6) is 5.75 Å². The van der Waals surface area contributed by atoms with Gasteiger partial charge >= 0.3 is 5.97 Å². The van der Waals surface area contributed by atoms with Gasteiger partial charge in [-0.3, -0.25) is 19.4 Å². The van der Waals surface area contributed by atoms with Crippen LogP contribution < -0.4 is 33.2 Å². The summed E-state index contributed by atoms with van der Waals surface area (Å²) in [6.07, 6.45) is -0.334. The van der Waals surface area contributed by atoms with Gasteiger partial charge in [0, 0.05) is 13.0 Å². The first-order valence-electron chi connectivity index (χ1n) is 12.7. The molecule has 218 valence electrons. The molecule has 6 atom stereocenters.